The van der Waals surface area contributed by atoms with Gasteiger partial charge in [-0.15, -0.1) is 0 Å². The van der Waals surface area contributed by atoms with E-state index < -0.39 is 11.6 Å². The molecule has 34 heavy (non-hydrogen) atoms. The van der Waals surface area contributed by atoms with Crippen LogP contribution in [-0.4, -0.2) is 35.8 Å². The van der Waals surface area contributed by atoms with Crippen LogP contribution < -0.4 is 11.1 Å². The predicted octanol–water partition coefficient (Wildman–Crippen LogP) is 5.45. The van der Waals surface area contributed by atoms with Crippen LogP contribution in [0.15, 0.2) is 42.5 Å². The highest BCUT2D eigenvalue weighted by Crippen LogP contribution is 2.27. The summed E-state index contributed by atoms with van der Waals surface area (Å²) < 4.78 is 27.2. The van der Waals surface area contributed by atoms with E-state index in [1.165, 1.54) is 18.2 Å². The molecule has 1 saturated heterocycles. The van der Waals surface area contributed by atoms with Crippen LogP contribution in [0.25, 0.3) is 11.1 Å². The van der Waals surface area contributed by atoms with Crippen molar-refractivity contribution in [2.45, 2.75) is 72.5 Å². The number of carbonyl (C=O) groups is 2. The van der Waals surface area contributed by atoms with Crippen LogP contribution in [0.3, 0.4) is 0 Å². The maximum Gasteiger partial charge on any atom is 0.239 e. The monoisotopic (exact) mass is 475 g/mol. The molecule has 2 amide bonds. The average Bonchev–Trinajstić information content (AvgIpc) is 3.26. The van der Waals surface area contributed by atoms with E-state index in [-0.39, 0.29) is 29.5 Å². The van der Waals surface area contributed by atoms with Crippen molar-refractivity contribution in [3.63, 3.8) is 0 Å². The number of nitrogens with zero attached hydrogens (tertiary/aromatic N) is 1. The molecule has 0 bridgehead atoms. The molecule has 5 nitrogen and oxygen atoms in total. The predicted molar refractivity (Wildman–Crippen MR) is 134 cm³/mol. The smallest absolute Gasteiger partial charge is 0.239 e. The summed E-state index contributed by atoms with van der Waals surface area (Å²) in [4.78, 5) is 24.1. The fourth-order valence-electron chi connectivity index (χ4n) is 3.65. The van der Waals surface area contributed by atoms with Crippen molar-refractivity contribution in [1.29, 1.82) is 0 Å². The topological polar surface area (TPSA) is 75.4 Å². The SMILES string of the molecule is CC.CC(C)C(N)C(=O)N1CCCC1C.CC(NC=O)c1ccc(-c2c(F)cccc2F)cc1. The largest absolute Gasteiger partial charge is 0.352 e. The van der Waals surface area contributed by atoms with E-state index in [0.29, 0.717) is 18.0 Å². The molecule has 1 aliphatic heterocycles. The molecule has 0 aromatic heterocycles. The molecule has 0 saturated carbocycles. The molecular weight excluding hydrogens is 436 g/mol. The van der Waals surface area contributed by atoms with Crippen LogP contribution in [0.1, 0.15) is 66.0 Å². The summed E-state index contributed by atoms with van der Waals surface area (Å²) >= 11 is 0. The summed E-state index contributed by atoms with van der Waals surface area (Å²) in [5.41, 5.74) is 7.11. The van der Waals surface area contributed by atoms with Crippen molar-refractivity contribution < 1.29 is 18.4 Å². The molecule has 0 spiro atoms. The highest BCUT2D eigenvalue weighted by atomic mass is 19.1. The number of nitrogens with two attached hydrogens (primary N) is 1. The molecule has 1 fully saturated rings. The minimum Gasteiger partial charge on any atom is -0.352 e. The Balaban J connectivity index is 0.000000337. The molecule has 1 heterocycles. The Morgan fingerprint density at radius 3 is 2.09 bits per heavy atom. The third-order valence-electron chi connectivity index (χ3n) is 5.82. The van der Waals surface area contributed by atoms with Crippen LogP contribution >= 0.6 is 0 Å². The number of hydrogen-bond donors (Lipinski definition) is 2. The number of amides is 2. The summed E-state index contributed by atoms with van der Waals surface area (Å²) in [5.74, 6) is -0.820. The molecule has 3 rings (SSSR count). The number of halogens is 2. The standard InChI is InChI=1S/C15H13F2NO.C10H20N2O.C2H6/c1-10(18-9-19)11-5-7-12(8-6-11)15-13(16)3-2-4-14(15)17;1-7(2)9(11)10(13)12-6-4-5-8(12)3;1-2/h2-10H,1H3,(H,18,19);7-9H,4-6,11H2,1-3H3;1-2H3. The summed E-state index contributed by atoms with van der Waals surface area (Å²) in [6, 6.07) is 10.5. The minimum absolute atomic E-state index is 0.0370. The quantitative estimate of drug-likeness (QED) is 0.546. The summed E-state index contributed by atoms with van der Waals surface area (Å²) in [6.07, 6.45) is 2.86. The van der Waals surface area contributed by atoms with E-state index >= 15 is 0 Å². The Morgan fingerprint density at radius 1 is 1.09 bits per heavy atom. The average molecular weight is 476 g/mol. The van der Waals surface area contributed by atoms with Crippen molar-refractivity contribution in [1.82, 2.24) is 10.2 Å². The van der Waals surface area contributed by atoms with E-state index in [9.17, 15) is 18.4 Å². The van der Waals surface area contributed by atoms with Gasteiger partial charge < -0.3 is 16.0 Å². The fourth-order valence-corrected chi connectivity index (χ4v) is 3.65. The molecule has 0 radical (unpaired) electrons. The maximum atomic E-state index is 13.6. The van der Waals surface area contributed by atoms with Crippen molar-refractivity contribution in [3.05, 3.63) is 59.7 Å². The van der Waals surface area contributed by atoms with Crippen molar-refractivity contribution in [2.75, 3.05) is 6.54 Å². The van der Waals surface area contributed by atoms with Gasteiger partial charge in [-0.2, -0.15) is 0 Å². The highest BCUT2D eigenvalue weighted by Gasteiger charge is 2.29. The molecule has 3 atom stereocenters. The van der Waals surface area contributed by atoms with E-state index in [0.717, 1.165) is 24.9 Å². The normalized spacial score (nSPS) is 16.5. The minimum atomic E-state index is -0.591. The van der Waals surface area contributed by atoms with Gasteiger partial charge in [0.2, 0.25) is 12.3 Å². The molecule has 2 aromatic rings. The summed E-state index contributed by atoms with van der Waals surface area (Å²) in [6.45, 7) is 12.8. The lowest BCUT2D eigenvalue weighted by Gasteiger charge is -2.26. The van der Waals surface area contributed by atoms with Gasteiger partial charge in [0.25, 0.3) is 0 Å². The lowest BCUT2D eigenvalue weighted by molar-refractivity contribution is -0.134. The third kappa shape index (κ3) is 7.90. The Bertz CT molecular complexity index is 883. The van der Waals surface area contributed by atoms with E-state index in [4.69, 9.17) is 5.73 Å². The lowest BCUT2D eigenvalue weighted by atomic mass is 10.0. The molecular formula is C27H39F2N3O2. The second-order valence-corrected chi connectivity index (χ2v) is 8.52. The summed E-state index contributed by atoms with van der Waals surface area (Å²) in [5, 5.41) is 2.62. The van der Waals surface area contributed by atoms with E-state index in [1.807, 2.05) is 39.5 Å². The highest BCUT2D eigenvalue weighted by molar-refractivity contribution is 5.82. The Kier molecular flexibility index (Phi) is 12.4. The number of nitrogens with one attached hydrogen (secondary N) is 1. The van der Waals surface area contributed by atoms with Crippen LogP contribution in [0.4, 0.5) is 8.78 Å². The molecule has 7 heteroatoms. The molecule has 1 aliphatic rings. The molecule has 188 valence electrons. The van der Waals surface area contributed by atoms with Gasteiger partial charge in [-0.05, 0) is 55.9 Å². The van der Waals surface area contributed by atoms with Gasteiger partial charge in [0, 0.05) is 12.6 Å². The first kappa shape index (κ1) is 29.2. The first-order valence-corrected chi connectivity index (χ1v) is 12.0. The molecule has 0 aliphatic carbocycles. The van der Waals surface area contributed by atoms with Crippen molar-refractivity contribution in [2.24, 2.45) is 11.7 Å². The number of likely N-dealkylation sites (tertiary alicyclic amines) is 1. The van der Waals surface area contributed by atoms with Crippen LogP contribution in [0.2, 0.25) is 0 Å². The van der Waals surface area contributed by atoms with Gasteiger partial charge in [-0.1, -0.05) is 58.0 Å². The molecule has 3 N–H and O–H groups in total. The van der Waals surface area contributed by atoms with Gasteiger partial charge in [0.05, 0.1) is 17.6 Å². The number of benzene rings is 2. The van der Waals surface area contributed by atoms with E-state index in [2.05, 4.69) is 12.2 Å². The second-order valence-electron chi connectivity index (χ2n) is 8.52. The van der Waals surface area contributed by atoms with Crippen LogP contribution in [0, 0.1) is 17.6 Å². The van der Waals surface area contributed by atoms with Gasteiger partial charge in [0.1, 0.15) is 11.6 Å². The number of rotatable bonds is 6. The number of carbonyl (C=O) groups excluding carboxylic acids is 2. The Labute approximate surface area is 202 Å². The van der Waals surface area contributed by atoms with Crippen molar-refractivity contribution >= 4 is 12.3 Å². The van der Waals surface area contributed by atoms with Crippen LogP contribution in [0.5, 0.6) is 0 Å². The first-order valence-electron chi connectivity index (χ1n) is 12.0. The van der Waals surface area contributed by atoms with Gasteiger partial charge in [0.15, 0.2) is 0 Å². The molecule has 2 aromatic carbocycles. The van der Waals surface area contributed by atoms with Gasteiger partial charge in [-0.3, -0.25) is 9.59 Å². The fraction of sp³-hybridized carbons (Fsp3) is 0.481. The van der Waals surface area contributed by atoms with E-state index in [1.54, 1.807) is 24.3 Å². The number of hydrogen-bond acceptors (Lipinski definition) is 3. The Morgan fingerprint density at radius 2 is 1.65 bits per heavy atom. The third-order valence-corrected chi connectivity index (χ3v) is 5.82. The first-order chi connectivity index (χ1) is 16.2. The lowest BCUT2D eigenvalue weighted by Crippen LogP contribution is -2.47. The molecule has 3 unspecified atom stereocenters. The van der Waals surface area contributed by atoms with Crippen LogP contribution in [-0.2, 0) is 9.59 Å². The zero-order valence-electron chi connectivity index (χ0n) is 21.1. The maximum absolute atomic E-state index is 13.6. The van der Waals surface area contributed by atoms with Gasteiger partial charge in [-0.25, -0.2) is 8.78 Å². The zero-order chi connectivity index (χ0) is 25.8. The van der Waals surface area contributed by atoms with Gasteiger partial charge >= 0.3 is 0 Å². The Hall–Kier alpha value is -2.80. The zero-order valence-corrected chi connectivity index (χ0v) is 21.1. The second kappa shape index (κ2) is 14.5. The summed E-state index contributed by atoms with van der Waals surface area (Å²) in [7, 11) is 0. The van der Waals surface area contributed by atoms with Crippen molar-refractivity contribution in [3.8, 4) is 11.1 Å².